The summed E-state index contributed by atoms with van der Waals surface area (Å²) in [5.74, 6) is 0.347. The maximum absolute atomic E-state index is 11.8. The van der Waals surface area contributed by atoms with Gasteiger partial charge in [-0.05, 0) is 24.3 Å². The SMILES string of the molecule is CN(C(=O)OCc1ccccc1)C1CC(CO)C1. The third kappa shape index (κ3) is 3.01. The molecule has 0 heterocycles. The molecule has 2 rings (SSSR count). The molecule has 0 unspecified atom stereocenters. The van der Waals surface area contributed by atoms with Crippen molar-refractivity contribution in [2.24, 2.45) is 5.92 Å². The highest BCUT2D eigenvalue weighted by Crippen LogP contribution is 2.30. The van der Waals surface area contributed by atoms with Crippen molar-refractivity contribution in [3.8, 4) is 0 Å². The molecule has 1 N–H and O–H groups in total. The molecule has 4 heteroatoms. The van der Waals surface area contributed by atoms with Crippen LogP contribution in [0.2, 0.25) is 0 Å². The first-order valence-corrected chi connectivity index (χ1v) is 6.25. The van der Waals surface area contributed by atoms with E-state index in [9.17, 15) is 4.79 Å². The van der Waals surface area contributed by atoms with Gasteiger partial charge in [-0.1, -0.05) is 30.3 Å². The zero-order valence-electron chi connectivity index (χ0n) is 10.6. The van der Waals surface area contributed by atoms with Crippen LogP contribution in [0.3, 0.4) is 0 Å². The predicted octanol–water partition coefficient (Wildman–Crippen LogP) is 2.03. The van der Waals surface area contributed by atoms with Crippen molar-refractivity contribution in [2.75, 3.05) is 13.7 Å². The molecular weight excluding hydrogens is 230 g/mol. The van der Waals surface area contributed by atoms with E-state index in [1.54, 1.807) is 11.9 Å². The zero-order chi connectivity index (χ0) is 13.0. The molecule has 1 aromatic rings. The van der Waals surface area contributed by atoms with E-state index in [0.717, 1.165) is 18.4 Å². The fourth-order valence-corrected chi connectivity index (χ4v) is 2.14. The van der Waals surface area contributed by atoms with Crippen LogP contribution in [-0.4, -0.2) is 35.8 Å². The van der Waals surface area contributed by atoms with Gasteiger partial charge in [0.1, 0.15) is 6.61 Å². The van der Waals surface area contributed by atoms with Crippen molar-refractivity contribution in [3.05, 3.63) is 35.9 Å². The smallest absolute Gasteiger partial charge is 0.410 e. The molecule has 1 saturated carbocycles. The lowest BCUT2D eigenvalue weighted by atomic mass is 9.80. The summed E-state index contributed by atoms with van der Waals surface area (Å²) >= 11 is 0. The largest absolute Gasteiger partial charge is 0.445 e. The second-order valence-corrected chi connectivity index (χ2v) is 4.82. The van der Waals surface area contributed by atoms with Gasteiger partial charge in [-0.25, -0.2) is 4.79 Å². The van der Waals surface area contributed by atoms with E-state index < -0.39 is 0 Å². The van der Waals surface area contributed by atoms with E-state index in [1.165, 1.54) is 0 Å². The molecule has 0 aromatic heterocycles. The molecule has 0 atom stereocenters. The van der Waals surface area contributed by atoms with Gasteiger partial charge in [-0.2, -0.15) is 0 Å². The molecule has 0 saturated heterocycles. The molecule has 1 aromatic carbocycles. The van der Waals surface area contributed by atoms with Crippen molar-refractivity contribution in [1.29, 1.82) is 0 Å². The van der Waals surface area contributed by atoms with Gasteiger partial charge < -0.3 is 14.7 Å². The minimum atomic E-state index is -0.291. The molecule has 0 spiro atoms. The Bertz CT molecular complexity index is 387. The number of aliphatic hydroxyl groups excluding tert-OH is 1. The lowest BCUT2D eigenvalue weighted by molar-refractivity contribution is 0.0397. The van der Waals surface area contributed by atoms with Gasteiger partial charge in [0.25, 0.3) is 0 Å². The first kappa shape index (κ1) is 12.9. The molecule has 1 aliphatic carbocycles. The van der Waals surface area contributed by atoms with E-state index in [2.05, 4.69) is 0 Å². The van der Waals surface area contributed by atoms with E-state index in [-0.39, 0.29) is 18.7 Å². The summed E-state index contributed by atoms with van der Waals surface area (Å²) < 4.78 is 5.24. The van der Waals surface area contributed by atoms with Gasteiger partial charge in [0.2, 0.25) is 0 Å². The molecule has 0 radical (unpaired) electrons. The Morgan fingerprint density at radius 3 is 2.67 bits per heavy atom. The number of amides is 1. The van der Waals surface area contributed by atoms with Gasteiger partial charge in [0.05, 0.1) is 0 Å². The van der Waals surface area contributed by atoms with E-state index >= 15 is 0 Å². The molecule has 1 aliphatic rings. The summed E-state index contributed by atoms with van der Waals surface area (Å²) in [5.41, 5.74) is 0.987. The summed E-state index contributed by atoms with van der Waals surface area (Å²) in [7, 11) is 1.76. The monoisotopic (exact) mass is 249 g/mol. The second kappa shape index (κ2) is 5.87. The molecule has 4 nitrogen and oxygen atoms in total. The van der Waals surface area contributed by atoms with E-state index in [0.29, 0.717) is 12.5 Å². The quantitative estimate of drug-likeness (QED) is 0.888. The number of carbonyl (C=O) groups excluding carboxylic acids is 1. The Labute approximate surface area is 107 Å². The maximum Gasteiger partial charge on any atom is 0.410 e. The minimum absolute atomic E-state index is 0.212. The molecule has 18 heavy (non-hydrogen) atoms. The Morgan fingerprint density at radius 2 is 2.06 bits per heavy atom. The number of hydrogen-bond acceptors (Lipinski definition) is 3. The zero-order valence-corrected chi connectivity index (χ0v) is 10.6. The lowest BCUT2D eigenvalue weighted by Gasteiger charge is -2.39. The van der Waals surface area contributed by atoms with Crippen LogP contribution in [0.15, 0.2) is 30.3 Å². The highest BCUT2D eigenvalue weighted by Gasteiger charge is 2.34. The van der Waals surface area contributed by atoms with E-state index in [1.807, 2.05) is 30.3 Å². The number of benzene rings is 1. The molecule has 0 bridgehead atoms. The third-order valence-electron chi connectivity index (χ3n) is 3.51. The summed E-state index contributed by atoms with van der Waals surface area (Å²) in [4.78, 5) is 13.4. The van der Waals surface area contributed by atoms with Gasteiger partial charge >= 0.3 is 6.09 Å². The molecule has 0 aliphatic heterocycles. The van der Waals surface area contributed by atoms with Crippen molar-refractivity contribution >= 4 is 6.09 Å². The fraction of sp³-hybridized carbons (Fsp3) is 0.500. The predicted molar refractivity (Wildman–Crippen MR) is 68.0 cm³/mol. The van der Waals surface area contributed by atoms with Gasteiger partial charge in [0, 0.05) is 19.7 Å². The van der Waals surface area contributed by atoms with Crippen molar-refractivity contribution in [3.63, 3.8) is 0 Å². The van der Waals surface area contributed by atoms with Gasteiger partial charge in [-0.3, -0.25) is 0 Å². The van der Waals surface area contributed by atoms with Crippen LogP contribution in [0.25, 0.3) is 0 Å². The number of ether oxygens (including phenoxy) is 1. The molecular formula is C14H19NO3. The third-order valence-corrected chi connectivity index (χ3v) is 3.51. The van der Waals surface area contributed by atoms with Crippen molar-refractivity contribution in [2.45, 2.75) is 25.5 Å². The first-order valence-electron chi connectivity index (χ1n) is 6.25. The van der Waals surface area contributed by atoms with Crippen LogP contribution in [-0.2, 0) is 11.3 Å². The van der Waals surface area contributed by atoms with Gasteiger partial charge in [-0.15, -0.1) is 0 Å². The number of carbonyl (C=O) groups is 1. The summed E-state index contributed by atoms with van der Waals surface area (Å²) in [6.45, 7) is 0.517. The van der Waals surface area contributed by atoms with Crippen LogP contribution in [0.1, 0.15) is 18.4 Å². The number of nitrogens with zero attached hydrogens (tertiary/aromatic N) is 1. The van der Waals surface area contributed by atoms with Crippen LogP contribution < -0.4 is 0 Å². The Hall–Kier alpha value is -1.55. The maximum atomic E-state index is 11.8. The van der Waals surface area contributed by atoms with Crippen LogP contribution in [0.4, 0.5) is 4.79 Å². The first-order chi connectivity index (χ1) is 8.70. The Morgan fingerprint density at radius 1 is 1.39 bits per heavy atom. The highest BCUT2D eigenvalue weighted by molar-refractivity contribution is 5.67. The molecule has 1 amide bonds. The molecule has 98 valence electrons. The summed E-state index contributed by atoms with van der Waals surface area (Å²) in [6, 6.07) is 9.85. The number of hydrogen-bond donors (Lipinski definition) is 1. The van der Waals surface area contributed by atoms with Crippen molar-refractivity contribution < 1.29 is 14.6 Å². The highest BCUT2D eigenvalue weighted by atomic mass is 16.6. The second-order valence-electron chi connectivity index (χ2n) is 4.82. The van der Waals surface area contributed by atoms with Crippen LogP contribution >= 0.6 is 0 Å². The van der Waals surface area contributed by atoms with Crippen LogP contribution in [0, 0.1) is 5.92 Å². The normalized spacial score (nSPS) is 22.1. The van der Waals surface area contributed by atoms with E-state index in [4.69, 9.17) is 9.84 Å². The number of rotatable bonds is 4. The number of aliphatic hydroxyl groups is 1. The Balaban J connectivity index is 1.75. The van der Waals surface area contributed by atoms with Gasteiger partial charge in [0.15, 0.2) is 0 Å². The summed E-state index contributed by atoms with van der Waals surface area (Å²) in [6.07, 6.45) is 1.45. The fourth-order valence-electron chi connectivity index (χ4n) is 2.14. The average Bonchev–Trinajstić information content (AvgIpc) is 2.35. The lowest BCUT2D eigenvalue weighted by Crippen LogP contribution is -2.46. The average molecular weight is 249 g/mol. The van der Waals surface area contributed by atoms with Crippen molar-refractivity contribution in [1.82, 2.24) is 4.90 Å². The van der Waals surface area contributed by atoms with Crippen LogP contribution in [0.5, 0.6) is 0 Å². The minimum Gasteiger partial charge on any atom is -0.445 e. The Kier molecular flexibility index (Phi) is 4.20. The molecule has 1 fully saturated rings. The topological polar surface area (TPSA) is 49.8 Å². The summed E-state index contributed by atoms with van der Waals surface area (Å²) in [5, 5.41) is 8.94. The standard InChI is InChI=1S/C14H19NO3/c1-15(13-7-12(8-13)9-16)14(17)18-10-11-5-3-2-4-6-11/h2-6,12-13,16H,7-10H2,1H3.